The molecule has 1 aliphatic carbocycles. The highest BCUT2D eigenvalue weighted by Crippen LogP contribution is 2.23. The standard InChI is InChI=1S/C16H19NO3/c18-15(13-9-5-2-6-10-13)17-11-14(16(19)20)12-7-3-1-4-8-12/h1,3-4,7-8,11,13H,2,5-6,9-10H2,(H,17,18)(H,19,20). The van der Waals surface area contributed by atoms with E-state index in [4.69, 9.17) is 0 Å². The quantitative estimate of drug-likeness (QED) is 0.829. The van der Waals surface area contributed by atoms with Crippen LogP contribution in [0.4, 0.5) is 0 Å². The monoisotopic (exact) mass is 273 g/mol. The molecule has 1 saturated carbocycles. The van der Waals surface area contributed by atoms with Crippen molar-refractivity contribution in [2.75, 3.05) is 0 Å². The van der Waals surface area contributed by atoms with Crippen LogP contribution in [0.15, 0.2) is 36.5 Å². The molecule has 1 amide bonds. The zero-order valence-corrected chi connectivity index (χ0v) is 11.3. The Kier molecular flexibility index (Phi) is 4.93. The summed E-state index contributed by atoms with van der Waals surface area (Å²) in [4.78, 5) is 23.3. The van der Waals surface area contributed by atoms with Crippen LogP contribution in [0.3, 0.4) is 0 Å². The molecule has 1 aliphatic rings. The van der Waals surface area contributed by atoms with Crippen molar-refractivity contribution in [3.63, 3.8) is 0 Å². The molecule has 0 radical (unpaired) electrons. The average molecular weight is 273 g/mol. The van der Waals surface area contributed by atoms with Crippen LogP contribution >= 0.6 is 0 Å². The second-order valence-corrected chi connectivity index (χ2v) is 5.07. The Morgan fingerprint density at radius 1 is 1.10 bits per heavy atom. The number of carboxylic acids is 1. The molecule has 0 heterocycles. The van der Waals surface area contributed by atoms with Crippen molar-refractivity contribution in [3.8, 4) is 0 Å². The van der Waals surface area contributed by atoms with Crippen LogP contribution in [-0.2, 0) is 9.59 Å². The molecule has 1 fully saturated rings. The molecular formula is C16H19NO3. The van der Waals surface area contributed by atoms with Crippen molar-refractivity contribution < 1.29 is 14.7 Å². The lowest BCUT2D eigenvalue weighted by Gasteiger charge is -2.19. The normalized spacial score (nSPS) is 16.7. The third-order valence-corrected chi connectivity index (χ3v) is 3.65. The zero-order chi connectivity index (χ0) is 14.4. The first-order chi connectivity index (χ1) is 9.68. The first-order valence-electron chi connectivity index (χ1n) is 6.98. The van der Waals surface area contributed by atoms with Crippen molar-refractivity contribution in [1.82, 2.24) is 5.32 Å². The van der Waals surface area contributed by atoms with Gasteiger partial charge in [0.15, 0.2) is 0 Å². The maximum atomic E-state index is 12.0. The number of carbonyl (C=O) groups is 2. The lowest BCUT2D eigenvalue weighted by Crippen LogP contribution is -2.28. The van der Waals surface area contributed by atoms with Gasteiger partial charge >= 0.3 is 5.97 Å². The van der Waals surface area contributed by atoms with Crippen molar-refractivity contribution in [3.05, 3.63) is 42.1 Å². The predicted octanol–water partition coefficient (Wildman–Crippen LogP) is 2.81. The molecule has 0 spiro atoms. The van der Waals surface area contributed by atoms with E-state index in [1.165, 1.54) is 12.6 Å². The average Bonchev–Trinajstić information content (AvgIpc) is 2.49. The SMILES string of the molecule is O=C(O)C(=CNC(=O)C1CCCCC1)c1ccccc1. The summed E-state index contributed by atoms with van der Waals surface area (Å²) < 4.78 is 0. The van der Waals surface area contributed by atoms with E-state index in [-0.39, 0.29) is 17.4 Å². The molecular weight excluding hydrogens is 254 g/mol. The minimum Gasteiger partial charge on any atom is -0.478 e. The molecule has 1 aromatic carbocycles. The number of benzene rings is 1. The molecule has 0 atom stereocenters. The predicted molar refractivity (Wildman–Crippen MR) is 76.8 cm³/mol. The van der Waals surface area contributed by atoms with Gasteiger partial charge in [0, 0.05) is 12.1 Å². The van der Waals surface area contributed by atoms with E-state index in [1.807, 2.05) is 6.07 Å². The minimum atomic E-state index is -1.04. The Labute approximate surface area is 118 Å². The van der Waals surface area contributed by atoms with Crippen LogP contribution < -0.4 is 5.32 Å². The molecule has 20 heavy (non-hydrogen) atoms. The van der Waals surface area contributed by atoms with Gasteiger partial charge in [0.05, 0.1) is 5.57 Å². The van der Waals surface area contributed by atoms with Gasteiger partial charge in [-0.15, -0.1) is 0 Å². The summed E-state index contributed by atoms with van der Waals surface area (Å²) in [5, 5.41) is 11.9. The number of aliphatic carboxylic acids is 1. The molecule has 0 aliphatic heterocycles. The molecule has 2 rings (SSSR count). The van der Waals surface area contributed by atoms with Gasteiger partial charge in [-0.2, -0.15) is 0 Å². The molecule has 2 N–H and O–H groups in total. The third kappa shape index (κ3) is 3.70. The van der Waals surface area contributed by atoms with Gasteiger partial charge < -0.3 is 10.4 Å². The first kappa shape index (κ1) is 14.3. The lowest BCUT2D eigenvalue weighted by molar-refractivity contribution is -0.130. The van der Waals surface area contributed by atoms with E-state index in [0.717, 1.165) is 25.7 Å². The number of carbonyl (C=O) groups excluding carboxylic acids is 1. The number of carboxylic acid groups (broad SMARTS) is 1. The third-order valence-electron chi connectivity index (χ3n) is 3.65. The van der Waals surface area contributed by atoms with Crippen LogP contribution in [-0.4, -0.2) is 17.0 Å². The fourth-order valence-corrected chi connectivity index (χ4v) is 2.51. The van der Waals surface area contributed by atoms with Gasteiger partial charge in [0.25, 0.3) is 0 Å². The molecule has 1 aromatic rings. The van der Waals surface area contributed by atoms with Crippen LogP contribution in [0.25, 0.3) is 5.57 Å². The Bertz CT molecular complexity index is 502. The van der Waals surface area contributed by atoms with E-state index in [2.05, 4.69) is 5.32 Å². The van der Waals surface area contributed by atoms with Crippen molar-refractivity contribution >= 4 is 17.4 Å². The topological polar surface area (TPSA) is 66.4 Å². The van der Waals surface area contributed by atoms with E-state index < -0.39 is 5.97 Å². The summed E-state index contributed by atoms with van der Waals surface area (Å²) in [6.45, 7) is 0. The van der Waals surface area contributed by atoms with Gasteiger partial charge in [-0.25, -0.2) is 4.79 Å². The molecule has 0 bridgehead atoms. The second kappa shape index (κ2) is 6.89. The Balaban J connectivity index is 2.06. The number of hydrogen-bond donors (Lipinski definition) is 2. The summed E-state index contributed by atoms with van der Waals surface area (Å²) in [6.07, 6.45) is 6.44. The number of hydrogen-bond acceptors (Lipinski definition) is 2. The molecule has 4 heteroatoms. The maximum absolute atomic E-state index is 12.0. The summed E-state index contributed by atoms with van der Waals surface area (Å²) in [6, 6.07) is 8.80. The Morgan fingerprint density at radius 2 is 1.75 bits per heavy atom. The summed E-state index contributed by atoms with van der Waals surface area (Å²) in [7, 11) is 0. The minimum absolute atomic E-state index is 0.0193. The van der Waals surface area contributed by atoms with E-state index in [9.17, 15) is 14.7 Å². The lowest BCUT2D eigenvalue weighted by atomic mass is 9.89. The second-order valence-electron chi connectivity index (χ2n) is 5.07. The van der Waals surface area contributed by atoms with Gasteiger partial charge in [0.1, 0.15) is 0 Å². The van der Waals surface area contributed by atoms with E-state index in [0.29, 0.717) is 5.56 Å². The van der Waals surface area contributed by atoms with E-state index in [1.54, 1.807) is 24.3 Å². The Hall–Kier alpha value is -2.10. The smallest absolute Gasteiger partial charge is 0.337 e. The van der Waals surface area contributed by atoms with Crippen LogP contribution in [0, 0.1) is 5.92 Å². The van der Waals surface area contributed by atoms with Crippen molar-refractivity contribution in [2.24, 2.45) is 5.92 Å². The zero-order valence-electron chi connectivity index (χ0n) is 11.3. The molecule has 0 saturated heterocycles. The summed E-state index contributed by atoms with van der Waals surface area (Å²) >= 11 is 0. The van der Waals surface area contributed by atoms with E-state index >= 15 is 0 Å². The number of nitrogens with one attached hydrogen (secondary N) is 1. The summed E-state index contributed by atoms with van der Waals surface area (Å²) in [5.41, 5.74) is 0.693. The van der Waals surface area contributed by atoms with Gasteiger partial charge in [-0.3, -0.25) is 4.79 Å². The van der Waals surface area contributed by atoms with Crippen LogP contribution in [0.5, 0.6) is 0 Å². The number of amides is 1. The fourth-order valence-electron chi connectivity index (χ4n) is 2.51. The maximum Gasteiger partial charge on any atom is 0.337 e. The highest BCUT2D eigenvalue weighted by atomic mass is 16.4. The number of rotatable bonds is 4. The molecule has 0 unspecified atom stereocenters. The summed E-state index contributed by atoms with van der Waals surface area (Å²) in [5.74, 6) is -1.09. The molecule has 4 nitrogen and oxygen atoms in total. The first-order valence-corrected chi connectivity index (χ1v) is 6.98. The Morgan fingerprint density at radius 3 is 2.35 bits per heavy atom. The highest BCUT2D eigenvalue weighted by molar-refractivity contribution is 6.15. The van der Waals surface area contributed by atoms with Gasteiger partial charge in [-0.05, 0) is 18.4 Å². The van der Waals surface area contributed by atoms with Crippen LogP contribution in [0.1, 0.15) is 37.7 Å². The fraction of sp³-hybridized carbons (Fsp3) is 0.375. The van der Waals surface area contributed by atoms with Gasteiger partial charge in [-0.1, -0.05) is 49.6 Å². The molecule has 106 valence electrons. The molecule has 0 aromatic heterocycles. The van der Waals surface area contributed by atoms with Crippen LogP contribution in [0.2, 0.25) is 0 Å². The largest absolute Gasteiger partial charge is 0.478 e. The van der Waals surface area contributed by atoms with Crippen molar-refractivity contribution in [2.45, 2.75) is 32.1 Å². The highest BCUT2D eigenvalue weighted by Gasteiger charge is 2.20. The van der Waals surface area contributed by atoms with Gasteiger partial charge in [0.2, 0.25) is 5.91 Å². The van der Waals surface area contributed by atoms with Crippen molar-refractivity contribution in [1.29, 1.82) is 0 Å².